The molecule has 0 aliphatic carbocycles. The van der Waals surface area contributed by atoms with E-state index in [1.807, 2.05) is 0 Å². The monoisotopic (exact) mass is 256 g/mol. The maximum atomic E-state index is 13.5. The lowest BCUT2D eigenvalue weighted by molar-refractivity contribution is -0.128. The van der Waals surface area contributed by atoms with Crippen molar-refractivity contribution >= 4 is 23.2 Å². The topological polar surface area (TPSA) is 32.3 Å². The number of rotatable bonds is 3. The molecule has 1 heterocycles. The Kier molecular flexibility index (Phi) is 3.84. The first kappa shape index (κ1) is 12.2. The zero-order valence-electron chi connectivity index (χ0n) is 9.38. The highest BCUT2D eigenvalue weighted by molar-refractivity contribution is 6.31. The molecule has 1 aliphatic heterocycles. The maximum absolute atomic E-state index is 13.5. The summed E-state index contributed by atoms with van der Waals surface area (Å²) in [5, 5.41) is 2.84. The number of carbonyl (C=O) groups excluding carboxylic acids is 1. The number of hydrogen-bond donors (Lipinski definition) is 1. The Bertz CT molecular complexity index is 419. The fourth-order valence-electron chi connectivity index (χ4n) is 1.89. The number of nitrogens with one attached hydrogen (secondary N) is 1. The molecule has 0 unspecified atom stereocenters. The van der Waals surface area contributed by atoms with E-state index in [2.05, 4.69) is 5.32 Å². The summed E-state index contributed by atoms with van der Waals surface area (Å²) < 4.78 is 13.5. The van der Waals surface area contributed by atoms with Gasteiger partial charge in [-0.2, -0.15) is 0 Å². The Hall–Kier alpha value is -1.29. The summed E-state index contributed by atoms with van der Waals surface area (Å²) in [5.41, 5.74) is 0.269. The average Bonchev–Trinajstić information content (AvgIpc) is 2.84. The van der Waals surface area contributed by atoms with E-state index < -0.39 is 5.82 Å². The highest BCUT2D eigenvalue weighted by Gasteiger charge is 2.17. The van der Waals surface area contributed by atoms with E-state index >= 15 is 0 Å². The molecule has 0 atom stereocenters. The Labute approximate surface area is 105 Å². The van der Waals surface area contributed by atoms with Crippen LogP contribution in [0.25, 0.3) is 0 Å². The third-order valence-electron chi connectivity index (χ3n) is 2.84. The van der Waals surface area contributed by atoms with Crippen LogP contribution in [0, 0.1) is 5.82 Å². The normalized spacial score (nSPS) is 15.1. The highest BCUT2D eigenvalue weighted by Crippen LogP contribution is 2.21. The molecule has 1 amide bonds. The largest absolute Gasteiger partial charge is 0.374 e. The minimum Gasteiger partial charge on any atom is -0.374 e. The zero-order valence-corrected chi connectivity index (χ0v) is 10.1. The quantitative estimate of drug-likeness (QED) is 0.901. The lowest BCUT2D eigenvalue weighted by Crippen LogP contribution is -2.33. The number of carbonyl (C=O) groups is 1. The standard InChI is InChI=1S/C12H14ClFN2O/c13-9-4-3-5-10(12(9)14)15-8-11(17)16-6-1-2-7-16/h3-5,15H,1-2,6-8H2. The lowest BCUT2D eigenvalue weighted by Gasteiger charge is -2.16. The van der Waals surface area contributed by atoms with Gasteiger partial charge in [0.25, 0.3) is 0 Å². The van der Waals surface area contributed by atoms with Crippen LogP contribution in [-0.4, -0.2) is 30.4 Å². The molecule has 17 heavy (non-hydrogen) atoms. The van der Waals surface area contributed by atoms with Crippen LogP contribution < -0.4 is 5.32 Å². The van der Waals surface area contributed by atoms with E-state index in [0.29, 0.717) is 0 Å². The van der Waals surface area contributed by atoms with Crippen LogP contribution in [0.15, 0.2) is 18.2 Å². The predicted molar refractivity (Wildman–Crippen MR) is 65.7 cm³/mol. The third kappa shape index (κ3) is 2.88. The molecule has 5 heteroatoms. The summed E-state index contributed by atoms with van der Waals surface area (Å²) in [7, 11) is 0. The van der Waals surface area contributed by atoms with Crippen LogP contribution in [0.3, 0.4) is 0 Å². The SMILES string of the molecule is O=C(CNc1cccc(Cl)c1F)N1CCCC1. The fourth-order valence-corrected chi connectivity index (χ4v) is 2.06. The first-order valence-corrected chi connectivity index (χ1v) is 6.02. The minimum atomic E-state index is -0.511. The molecule has 0 aromatic heterocycles. The van der Waals surface area contributed by atoms with Crippen molar-refractivity contribution in [2.24, 2.45) is 0 Å². The molecule has 1 fully saturated rings. The van der Waals surface area contributed by atoms with E-state index in [1.54, 1.807) is 17.0 Å². The molecule has 0 bridgehead atoms. The summed E-state index contributed by atoms with van der Waals surface area (Å²) in [6, 6.07) is 4.69. The molecular weight excluding hydrogens is 243 g/mol. The second-order valence-electron chi connectivity index (χ2n) is 4.04. The van der Waals surface area contributed by atoms with Crippen LogP contribution >= 0.6 is 11.6 Å². The van der Waals surface area contributed by atoms with Gasteiger partial charge in [-0.1, -0.05) is 17.7 Å². The Balaban J connectivity index is 1.93. The van der Waals surface area contributed by atoms with Crippen molar-refractivity contribution < 1.29 is 9.18 Å². The number of nitrogens with zero attached hydrogens (tertiary/aromatic N) is 1. The van der Waals surface area contributed by atoms with Gasteiger partial charge in [-0.25, -0.2) is 4.39 Å². The van der Waals surface area contributed by atoms with Gasteiger partial charge in [-0.3, -0.25) is 4.79 Å². The average molecular weight is 257 g/mol. The predicted octanol–water partition coefficient (Wildman–Crippen LogP) is 2.51. The molecule has 1 aliphatic rings. The summed E-state index contributed by atoms with van der Waals surface area (Å²) >= 11 is 5.65. The fraction of sp³-hybridized carbons (Fsp3) is 0.417. The van der Waals surface area contributed by atoms with Crippen LogP contribution in [0.4, 0.5) is 10.1 Å². The van der Waals surface area contributed by atoms with Gasteiger partial charge in [0.1, 0.15) is 0 Å². The van der Waals surface area contributed by atoms with Crippen molar-refractivity contribution in [3.05, 3.63) is 29.0 Å². The van der Waals surface area contributed by atoms with E-state index in [9.17, 15) is 9.18 Å². The smallest absolute Gasteiger partial charge is 0.241 e. The van der Waals surface area contributed by atoms with E-state index in [1.165, 1.54) is 6.07 Å². The van der Waals surface area contributed by atoms with Gasteiger partial charge < -0.3 is 10.2 Å². The molecule has 1 saturated heterocycles. The van der Waals surface area contributed by atoms with Crippen LogP contribution in [0.1, 0.15) is 12.8 Å². The number of benzene rings is 1. The molecule has 92 valence electrons. The van der Waals surface area contributed by atoms with E-state index in [0.717, 1.165) is 25.9 Å². The van der Waals surface area contributed by atoms with Crippen LogP contribution in [-0.2, 0) is 4.79 Å². The molecule has 1 N–H and O–H groups in total. The molecule has 1 aromatic rings. The van der Waals surface area contributed by atoms with Gasteiger partial charge in [-0.05, 0) is 25.0 Å². The first-order chi connectivity index (χ1) is 8.18. The van der Waals surface area contributed by atoms with Crippen molar-refractivity contribution in [2.45, 2.75) is 12.8 Å². The highest BCUT2D eigenvalue weighted by atomic mass is 35.5. The summed E-state index contributed by atoms with van der Waals surface area (Å²) in [6.07, 6.45) is 2.11. The Morgan fingerprint density at radius 3 is 2.82 bits per heavy atom. The molecule has 2 rings (SSSR count). The van der Waals surface area contributed by atoms with Crippen LogP contribution in [0.2, 0.25) is 5.02 Å². The number of hydrogen-bond acceptors (Lipinski definition) is 2. The van der Waals surface area contributed by atoms with Gasteiger partial charge in [0.05, 0.1) is 17.3 Å². The lowest BCUT2D eigenvalue weighted by atomic mass is 10.3. The summed E-state index contributed by atoms with van der Waals surface area (Å²) in [6.45, 7) is 1.72. The second-order valence-corrected chi connectivity index (χ2v) is 4.45. The molecule has 0 spiro atoms. The van der Waals surface area contributed by atoms with Gasteiger partial charge in [0.15, 0.2) is 5.82 Å². The van der Waals surface area contributed by atoms with Crippen molar-refractivity contribution in [3.8, 4) is 0 Å². The zero-order chi connectivity index (χ0) is 12.3. The maximum Gasteiger partial charge on any atom is 0.241 e. The second kappa shape index (κ2) is 5.36. The molecule has 0 saturated carbocycles. The van der Waals surface area contributed by atoms with Crippen molar-refractivity contribution in [2.75, 3.05) is 25.0 Å². The Morgan fingerprint density at radius 2 is 2.12 bits per heavy atom. The number of halogens is 2. The van der Waals surface area contributed by atoms with Gasteiger partial charge in [0, 0.05) is 13.1 Å². The van der Waals surface area contributed by atoms with Crippen molar-refractivity contribution in [1.29, 1.82) is 0 Å². The molecule has 1 aromatic carbocycles. The van der Waals surface area contributed by atoms with Gasteiger partial charge >= 0.3 is 0 Å². The summed E-state index contributed by atoms with van der Waals surface area (Å²) in [5.74, 6) is -0.509. The number of anilines is 1. The van der Waals surface area contributed by atoms with Gasteiger partial charge in [0.2, 0.25) is 5.91 Å². The van der Waals surface area contributed by atoms with Crippen molar-refractivity contribution in [1.82, 2.24) is 4.90 Å². The molecule has 0 radical (unpaired) electrons. The van der Waals surface area contributed by atoms with E-state index in [-0.39, 0.29) is 23.2 Å². The molecule has 3 nitrogen and oxygen atoms in total. The van der Waals surface area contributed by atoms with E-state index in [4.69, 9.17) is 11.6 Å². The number of likely N-dealkylation sites (tertiary alicyclic amines) is 1. The summed E-state index contributed by atoms with van der Waals surface area (Å²) in [4.78, 5) is 13.5. The third-order valence-corrected chi connectivity index (χ3v) is 3.13. The molecular formula is C12H14ClFN2O. The minimum absolute atomic E-state index is 0.00174. The Morgan fingerprint density at radius 1 is 1.41 bits per heavy atom. The van der Waals surface area contributed by atoms with Crippen molar-refractivity contribution in [3.63, 3.8) is 0 Å². The van der Waals surface area contributed by atoms with Crippen LogP contribution in [0.5, 0.6) is 0 Å². The van der Waals surface area contributed by atoms with Gasteiger partial charge in [-0.15, -0.1) is 0 Å². The first-order valence-electron chi connectivity index (χ1n) is 5.64. The number of amides is 1.